The van der Waals surface area contributed by atoms with Gasteiger partial charge >= 0.3 is 0 Å². The minimum Gasteiger partial charge on any atom is -0.454 e. The summed E-state index contributed by atoms with van der Waals surface area (Å²) in [5.74, 6) is 0.754. The largest absolute Gasteiger partial charge is 0.454 e. The Morgan fingerprint density at radius 3 is 2.29 bits per heavy atom. The van der Waals surface area contributed by atoms with Gasteiger partial charge in [0.15, 0.2) is 23.1 Å². The standard InChI is InChI=1S/C16H11IO4/c17-12-4-1-10(2-5-12)13(18)8-14(19)11-3-6-15-16(7-11)21-9-20-15/h1-7H,8-9H2. The van der Waals surface area contributed by atoms with Gasteiger partial charge in [0, 0.05) is 14.7 Å². The van der Waals surface area contributed by atoms with Gasteiger partial charge in [-0.3, -0.25) is 9.59 Å². The fourth-order valence-electron chi connectivity index (χ4n) is 2.06. The first-order valence-electron chi connectivity index (χ1n) is 6.35. The van der Waals surface area contributed by atoms with Crippen LogP contribution in [0.1, 0.15) is 27.1 Å². The topological polar surface area (TPSA) is 52.6 Å². The van der Waals surface area contributed by atoms with Gasteiger partial charge in [0.2, 0.25) is 6.79 Å². The van der Waals surface area contributed by atoms with Gasteiger partial charge in [0.25, 0.3) is 0 Å². The monoisotopic (exact) mass is 394 g/mol. The molecule has 1 aliphatic heterocycles. The van der Waals surface area contributed by atoms with Gasteiger partial charge in [-0.1, -0.05) is 12.1 Å². The van der Waals surface area contributed by atoms with Crippen molar-refractivity contribution in [2.75, 3.05) is 6.79 Å². The van der Waals surface area contributed by atoms with E-state index in [0.717, 1.165) is 3.57 Å². The lowest BCUT2D eigenvalue weighted by molar-refractivity contribution is 0.0894. The van der Waals surface area contributed by atoms with Crippen molar-refractivity contribution in [2.45, 2.75) is 6.42 Å². The second-order valence-corrected chi connectivity index (χ2v) is 5.84. The fourth-order valence-corrected chi connectivity index (χ4v) is 2.42. The van der Waals surface area contributed by atoms with Gasteiger partial charge in [0.1, 0.15) is 0 Å². The zero-order valence-corrected chi connectivity index (χ0v) is 13.1. The third-order valence-corrected chi connectivity index (χ3v) is 3.90. The van der Waals surface area contributed by atoms with Crippen LogP contribution in [0.4, 0.5) is 0 Å². The molecule has 106 valence electrons. The molecule has 0 bridgehead atoms. The number of ether oxygens (including phenoxy) is 2. The normalized spacial score (nSPS) is 12.2. The van der Waals surface area contributed by atoms with E-state index in [0.29, 0.717) is 22.6 Å². The van der Waals surface area contributed by atoms with E-state index in [9.17, 15) is 9.59 Å². The third-order valence-electron chi connectivity index (χ3n) is 3.18. The smallest absolute Gasteiger partial charge is 0.231 e. The highest BCUT2D eigenvalue weighted by molar-refractivity contribution is 14.1. The van der Waals surface area contributed by atoms with E-state index in [1.807, 2.05) is 12.1 Å². The van der Waals surface area contributed by atoms with Crippen LogP contribution in [0.3, 0.4) is 0 Å². The molecular weight excluding hydrogens is 383 g/mol. The lowest BCUT2D eigenvalue weighted by Crippen LogP contribution is -2.08. The summed E-state index contributed by atoms with van der Waals surface area (Å²) in [6.45, 7) is 0.161. The zero-order valence-electron chi connectivity index (χ0n) is 11.0. The lowest BCUT2D eigenvalue weighted by atomic mass is 10.0. The van der Waals surface area contributed by atoms with Crippen molar-refractivity contribution in [3.05, 3.63) is 57.2 Å². The quantitative estimate of drug-likeness (QED) is 0.453. The molecular formula is C16H11IO4. The minimum atomic E-state index is -0.225. The van der Waals surface area contributed by atoms with E-state index in [-0.39, 0.29) is 24.8 Å². The first-order chi connectivity index (χ1) is 10.1. The summed E-state index contributed by atoms with van der Waals surface area (Å²) >= 11 is 2.17. The second kappa shape index (κ2) is 5.85. The predicted molar refractivity (Wildman–Crippen MR) is 85.0 cm³/mol. The highest BCUT2D eigenvalue weighted by Crippen LogP contribution is 2.32. The third kappa shape index (κ3) is 3.07. The number of fused-ring (bicyclic) bond motifs is 1. The van der Waals surface area contributed by atoms with Crippen LogP contribution < -0.4 is 9.47 Å². The summed E-state index contributed by atoms with van der Waals surface area (Å²) in [4.78, 5) is 24.3. The summed E-state index contributed by atoms with van der Waals surface area (Å²) in [5.41, 5.74) is 1.00. The van der Waals surface area contributed by atoms with Crippen molar-refractivity contribution in [3.63, 3.8) is 0 Å². The number of rotatable bonds is 4. The van der Waals surface area contributed by atoms with Crippen molar-refractivity contribution < 1.29 is 19.1 Å². The molecule has 0 aliphatic carbocycles. The SMILES string of the molecule is O=C(CC(=O)c1ccc2c(c1)OCO2)c1ccc(I)cc1. The second-order valence-electron chi connectivity index (χ2n) is 4.60. The van der Waals surface area contributed by atoms with E-state index in [4.69, 9.17) is 9.47 Å². The summed E-state index contributed by atoms with van der Waals surface area (Å²) < 4.78 is 11.5. The van der Waals surface area contributed by atoms with Crippen LogP contribution in [0.15, 0.2) is 42.5 Å². The Balaban J connectivity index is 1.74. The Morgan fingerprint density at radius 1 is 0.905 bits per heavy atom. The maximum absolute atomic E-state index is 12.2. The highest BCUT2D eigenvalue weighted by atomic mass is 127. The molecule has 1 heterocycles. The molecule has 0 N–H and O–H groups in total. The summed E-state index contributed by atoms with van der Waals surface area (Å²) in [5, 5.41) is 0. The Hall–Kier alpha value is -1.89. The van der Waals surface area contributed by atoms with Gasteiger partial charge in [-0.05, 0) is 52.9 Å². The molecule has 0 fully saturated rings. The molecule has 21 heavy (non-hydrogen) atoms. The van der Waals surface area contributed by atoms with E-state index in [1.165, 1.54) is 0 Å². The molecule has 0 unspecified atom stereocenters. The van der Waals surface area contributed by atoms with Crippen LogP contribution in [0, 0.1) is 3.57 Å². The van der Waals surface area contributed by atoms with Crippen LogP contribution >= 0.6 is 22.6 Å². The Morgan fingerprint density at radius 2 is 1.52 bits per heavy atom. The molecule has 3 rings (SSSR count). The van der Waals surface area contributed by atoms with Crippen LogP contribution in [0.2, 0.25) is 0 Å². The average Bonchev–Trinajstić information content (AvgIpc) is 2.95. The van der Waals surface area contributed by atoms with E-state index in [2.05, 4.69) is 22.6 Å². The Bertz CT molecular complexity index is 707. The number of hydrogen-bond donors (Lipinski definition) is 0. The molecule has 5 heteroatoms. The molecule has 2 aromatic carbocycles. The van der Waals surface area contributed by atoms with E-state index < -0.39 is 0 Å². The van der Waals surface area contributed by atoms with Crippen molar-refractivity contribution in [1.82, 2.24) is 0 Å². The van der Waals surface area contributed by atoms with Crippen molar-refractivity contribution >= 4 is 34.2 Å². The zero-order chi connectivity index (χ0) is 14.8. The number of hydrogen-bond acceptors (Lipinski definition) is 4. The van der Waals surface area contributed by atoms with Crippen LogP contribution in [0.25, 0.3) is 0 Å². The molecule has 0 saturated carbocycles. The molecule has 1 aliphatic rings. The van der Waals surface area contributed by atoms with Crippen LogP contribution in [0.5, 0.6) is 11.5 Å². The first-order valence-corrected chi connectivity index (χ1v) is 7.43. The van der Waals surface area contributed by atoms with Crippen molar-refractivity contribution in [2.24, 2.45) is 0 Å². The number of halogens is 1. The van der Waals surface area contributed by atoms with Crippen LogP contribution in [-0.4, -0.2) is 18.4 Å². The molecule has 4 nitrogen and oxygen atoms in total. The van der Waals surface area contributed by atoms with Crippen molar-refractivity contribution in [1.29, 1.82) is 0 Å². The first kappa shape index (κ1) is 14.1. The predicted octanol–water partition coefficient (Wildman–Crippen LogP) is 3.48. The van der Waals surface area contributed by atoms with E-state index >= 15 is 0 Å². The lowest BCUT2D eigenvalue weighted by Gasteiger charge is -2.03. The molecule has 0 spiro atoms. The maximum Gasteiger partial charge on any atom is 0.231 e. The molecule has 0 amide bonds. The minimum absolute atomic E-state index is 0.153. The number of benzene rings is 2. The number of carbonyl (C=O) groups excluding carboxylic acids is 2. The summed E-state index contributed by atoms with van der Waals surface area (Å²) in [6.07, 6.45) is -0.153. The van der Waals surface area contributed by atoms with Crippen LogP contribution in [-0.2, 0) is 0 Å². The van der Waals surface area contributed by atoms with Gasteiger partial charge in [-0.25, -0.2) is 0 Å². The number of ketones is 2. The molecule has 0 radical (unpaired) electrons. The van der Waals surface area contributed by atoms with Gasteiger partial charge < -0.3 is 9.47 Å². The summed E-state index contributed by atoms with van der Waals surface area (Å²) in [7, 11) is 0. The number of Topliss-reactive ketones (excluding diaryl/α,β-unsaturated/α-hetero) is 2. The number of carbonyl (C=O) groups is 2. The molecule has 2 aromatic rings. The van der Waals surface area contributed by atoms with Gasteiger partial charge in [0.05, 0.1) is 6.42 Å². The van der Waals surface area contributed by atoms with E-state index in [1.54, 1.807) is 30.3 Å². The Kier molecular flexibility index (Phi) is 3.92. The summed E-state index contributed by atoms with van der Waals surface area (Å²) in [6, 6.07) is 12.1. The molecule has 0 aromatic heterocycles. The van der Waals surface area contributed by atoms with Crippen molar-refractivity contribution in [3.8, 4) is 11.5 Å². The fraction of sp³-hybridized carbons (Fsp3) is 0.125. The average molecular weight is 394 g/mol. The molecule has 0 saturated heterocycles. The molecule has 0 atom stereocenters. The maximum atomic E-state index is 12.2. The van der Waals surface area contributed by atoms with Gasteiger partial charge in [-0.2, -0.15) is 0 Å². The highest BCUT2D eigenvalue weighted by Gasteiger charge is 2.18. The Labute approximate surface area is 135 Å². The van der Waals surface area contributed by atoms with Gasteiger partial charge in [-0.15, -0.1) is 0 Å².